The Balaban J connectivity index is 1.96. The molecule has 0 radical (unpaired) electrons. The predicted octanol–water partition coefficient (Wildman–Crippen LogP) is 5.85. The quantitative estimate of drug-likeness (QED) is 0.311. The summed E-state index contributed by atoms with van der Waals surface area (Å²) in [6.07, 6.45) is 7.98. The zero-order valence-electron chi connectivity index (χ0n) is 17.2. The van der Waals surface area contributed by atoms with Crippen molar-refractivity contribution < 1.29 is 0 Å². The van der Waals surface area contributed by atoms with Gasteiger partial charge in [-0.1, -0.05) is 13.3 Å². The largest absolute Gasteiger partial charge is 0.397 e. The predicted molar refractivity (Wildman–Crippen MR) is 125 cm³/mol. The fourth-order valence-corrected chi connectivity index (χ4v) is 5.79. The highest BCUT2D eigenvalue weighted by Gasteiger charge is 2.20. The lowest BCUT2D eigenvalue weighted by atomic mass is 10.0. The highest BCUT2D eigenvalue weighted by molar-refractivity contribution is 8.01. The Labute approximate surface area is 179 Å². The summed E-state index contributed by atoms with van der Waals surface area (Å²) in [4.78, 5) is 14.8. The minimum absolute atomic E-state index is 0.835. The zero-order chi connectivity index (χ0) is 20.5. The van der Waals surface area contributed by atoms with Crippen LogP contribution in [-0.4, -0.2) is 25.3 Å². The molecule has 0 saturated carbocycles. The van der Waals surface area contributed by atoms with Gasteiger partial charge in [-0.25, -0.2) is 9.97 Å². The number of nitrogens with two attached hydrogens (primary N) is 1. The fraction of sp³-hybridized carbons (Fsp3) is 0.318. The van der Waals surface area contributed by atoms with E-state index in [-0.39, 0.29) is 0 Å². The van der Waals surface area contributed by atoms with Crippen LogP contribution in [0.5, 0.6) is 0 Å². The van der Waals surface area contributed by atoms with Crippen LogP contribution in [0.1, 0.15) is 31.2 Å². The number of unbranched alkanes of at least 4 members (excludes halogenated alkanes) is 1. The molecular formula is C22H25N5S2. The first-order chi connectivity index (χ1) is 14.0. The van der Waals surface area contributed by atoms with Crippen molar-refractivity contribution in [2.45, 2.75) is 37.8 Å². The minimum Gasteiger partial charge on any atom is -0.397 e. The lowest BCUT2D eigenvalue weighted by molar-refractivity contribution is 0.865. The molecule has 0 aliphatic carbocycles. The second kappa shape index (κ2) is 8.16. The summed E-state index contributed by atoms with van der Waals surface area (Å²) < 4.78 is 3.26. The molecule has 0 bridgehead atoms. The van der Waals surface area contributed by atoms with Crippen LogP contribution in [0.25, 0.3) is 32.7 Å². The number of aryl methyl sites for hydroxylation is 2. The number of imidazole rings is 1. The maximum Gasteiger partial charge on any atom is 0.127 e. The number of fused-ring (bicyclic) bond motifs is 1. The Morgan fingerprint density at radius 1 is 1.21 bits per heavy atom. The average molecular weight is 424 g/mol. The van der Waals surface area contributed by atoms with Crippen LogP contribution in [0.15, 0.2) is 34.9 Å². The lowest BCUT2D eigenvalue weighted by Gasteiger charge is -2.11. The maximum absolute atomic E-state index is 6.64. The van der Waals surface area contributed by atoms with Gasteiger partial charge in [0.05, 0.1) is 27.5 Å². The van der Waals surface area contributed by atoms with E-state index < -0.39 is 0 Å². The molecule has 0 saturated heterocycles. The van der Waals surface area contributed by atoms with E-state index in [2.05, 4.69) is 34.4 Å². The molecule has 4 aromatic rings. The van der Waals surface area contributed by atoms with Gasteiger partial charge in [0.2, 0.25) is 0 Å². The first-order valence-electron chi connectivity index (χ1n) is 9.76. The summed E-state index contributed by atoms with van der Waals surface area (Å²) in [7, 11) is 2.04. The SMILES string of the molecule is CCCCSc1sc2nc(-c3cnccc3C)cc(-c3cnc(C)n3C)c2c1N. The molecule has 4 aromatic heterocycles. The van der Waals surface area contributed by atoms with E-state index in [9.17, 15) is 0 Å². The molecule has 4 heterocycles. The molecule has 0 spiro atoms. The van der Waals surface area contributed by atoms with Crippen molar-refractivity contribution >= 4 is 39.0 Å². The van der Waals surface area contributed by atoms with Crippen molar-refractivity contribution in [3.05, 3.63) is 42.1 Å². The Hall–Kier alpha value is -2.38. The number of rotatable bonds is 6. The second-order valence-electron chi connectivity index (χ2n) is 7.18. The second-order valence-corrected chi connectivity index (χ2v) is 9.54. The Kier molecular flexibility index (Phi) is 5.61. The highest BCUT2D eigenvalue weighted by atomic mass is 32.2. The molecule has 4 rings (SSSR count). The van der Waals surface area contributed by atoms with Crippen LogP contribution in [0.2, 0.25) is 0 Å². The maximum atomic E-state index is 6.64. The summed E-state index contributed by atoms with van der Waals surface area (Å²) in [6.45, 7) is 6.31. The molecule has 5 nitrogen and oxygen atoms in total. The lowest BCUT2D eigenvalue weighted by Crippen LogP contribution is -1.97. The molecule has 0 fully saturated rings. The number of hydrogen-bond donors (Lipinski definition) is 1. The minimum atomic E-state index is 0.835. The third-order valence-electron chi connectivity index (χ3n) is 5.21. The van der Waals surface area contributed by atoms with E-state index in [1.807, 2.05) is 50.4 Å². The number of aromatic nitrogens is 4. The van der Waals surface area contributed by atoms with Gasteiger partial charge in [-0.2, -0.15) is 0 Å². The van der Waals surface area contributed by atoms with Gasteiger partial charge in [-0.3, -0.25) is 4.98 Å². The van der Waals surface area contributed by atoms with Crippen molar-refractivity contribution in [3.63, 3.8) is 0 Å². The molecule has 7 heteroatoms. The number of anilines is 1. The summed E-state index contributed by atoms with van der Waals surface area (Å²) in [5.41, 5.74) is 12.7. The number of hydrogen-bond acceptors (Lipinski definition) is 6. The molecule has 0 aliphatic rings. The van der Waals surface area contributed by atoms with E-state index in [4.69, 9.17) is 10.7 Å². The topological polar surface area (TPSA) is 69.6 Å². The van der Waals surface area contributed by atoms with Gasteiger partial charge >= 0.3 is 0 Å². The fourth-order valence-electron chi connectivity index (χ4n) is 3.34. The molecule has 150 valence electrons. The van der Waals surface area contributed by atoms with E-state index in [1.165, 1.54) is 12.8 Å². The Bertz CT molecular complexity index is 1180. The summed E-state index contributed by atoms with van der Waals surface area (Å²) >= 11 is 3.52. The van der Waals surface area contributed by atoms with Crippen LogP contribution >= 0.6 is 23.1 Å². The molecular weight excluding hydrogens is 398 g/mol. The van der Waals surface area contributed by atoms with Gasteiger partial charge in [0.25, 0.3) is 0 Å². The van der Waals surface area contributed by atoms with E-state index in [0.717, 1.165) is 59.8 Å². The van der Waals surface area contributed by atoms with E-state index in [1.54, 1.807) is 11.3 Å². The number of nitrogens with zero attached hydrogens (tertiary/aromatic N) is 4. The molecule has 2 N–H and O–H groups in total. The van der Waals surface area contributed by atoms with Crippen molar-refractivity contribution in [3.8, 4) is 22.5 Å². The van der Waals surface area contributed by atoms with Crippen molar-refractivity contribution in [1.82, 2.24) is 19.5 Å². The standard InChI is InChI=1S/C22H25N5S2/c1-5-6-9-28-22-20(23)19-15(18-12-25-14(3)27(18)4)10-17(26-21(19)29-22)16-11-24-8-7-13(16)2/h7-8,10-12H,5-6,9,23H2,1-4H3. The van der Waals surface area contributed by atoms with Gasteiger partial charge in [0, 0.05) is 36.0 Å². The van der Waals surface area contributed by atoms with Crippen LogP contribution in [0.3, 0.4) is 0 Å². The molecule has 0 unspecified atom stereocenters. The molecule has 29 heavy (non-hydrogen) atoms. The third-order valence-corrected chi connectivity index (χ3v) is 7.68. The van der Waals surface area contributed by atoms with Crippen molar-refractivity contribution in [1.29, 1.82) is 0 Å². The van der Waals surface area contributed by atoms with Gasteiger partial charge in [0.1, 0.15) is 10.7 Å². The first kappa shape index (κ1) is 19.9. The highest BCUT2D eigenvalue weighted by Crippen LogP contribution is 2.45. The molecule has 0 aliphatic heterocycles. The zero-order valence-corrected chi connectivity index (χ0v) is 18.8. The molecule has 0 amide bonds. The van der Waals surface area contributed by atoms with E-state index >= 15 is 0 Å². The molecule has 0 aromatic carbocycles. The van der Waals surface area contributed by atoms with Crippen molar-refractivity contribution in [2.75, 3.05) is 11.5 Å². The van der Waals surface area contributed by atoms with Gasteiger partial charge in [-0.15, -0.1) is 23.1 Å². The van der Waals surface area contributed by atoms with E-state index in [0.29, 0.717) is 0 Å². The smallest absolute Gasteiger partial charge is 0.127 e. The number of nitrogen functional groups attached to an aromatic ring is 1. The normalized spacial score (nSPS) is 11.4. The van der Waals surface area contributed by atoms with Gasteiger partial charge in [-0.05, 0) is 43.7 Å². The monoisotopic (exact) mass is 423 g/mol. The third kappa shape index (κ3) is 3.65. The average Bonchev–Trinajstić information content (AvgIpc) is 3.21. The number of thiophene rings is 1. The van der Waals surface area contributed by atoms with Crippen molar-refractivity contribution in [2.24, 2.45) is 7.05 Å². The summed E-state index contributed by atoms with van der Waals surface area (Å²) in [6, 6.07) is 4.15. The van der Waals surface area contributed by atoms with Gasteiger partial charge in [0.15, 0.2) is 0 Å². The van der Waals surface area contributed by atoms with Crippen LogP contribution in [-0.2, 0) is 7.05 Å². The van der Waals surface area contributed by atoms with Crippen LogP contribution < -0.4 is 5.73 Å². The Morgan fingerprint density at radius 3 is 2.72 bits per heavy atom. The summed E-state index contributed by atoms with van der Waals surface area (Å²) in [5, 5.41) is 1.03. The Morgan fingerprint density at radius 2 is 2.03 bits per heavy atom. The number of pyridine rings is 2. The first-order valence-corrected chi connectivity index (χ1v) is 11.6. The number of thioether (sulfide) groups is 1. The van der Waals surface area contributed by atoms with Gasteiger partial charge < -0.3 is 10.3 Å². The van der Waals surface area contributed by atoms with Crippen LogP contribution in [0.4, 0.5) is 5.69 Å². The van der Waals surface area contributed by atoms with Crippen LogP contribution in [0, 0.1) is 13.8 Å². The summed E-state index contributed by atoms with van der Waals surface area (Å²) in [5.74, 6) is 2.04. The molecule has 0 atom stereocenters.